The molecular formula is C3H6F2O2S2. The smallest absolute Gasteiger partial charge is 0.211 e. The van der Waals surface area contributed by atoms with Crippen molar-refractivity contribution in [2.75, 3.05) is 5.75 Å². The molecule has 0 aromatic carbocycles. The summed E-state index contributed by atoms with van der Waals surface area (Å²) in [6, 6.07) is 0. The van der Waals surface area contributed by atoms with Crippen molar-refractivity contribution in [1.82, 2.24) is 0 Å². The molecule has 0 aromatic rings. The van der Waals surface area contributed by atoms with E-state index in [4.69, 9.17) is 0 Å². The monoisotopic (exact) mass is 176 g/mol. The third kappa shape index (κ3) is 3.00. The standard InChI is InChI=1S/C3H6F2O2S2/c1-2-8-9(6,7)3(4)5/h3H,2H2,1H3. The van der Waals surface area contributed by atoms with Crippen molar-refractivity contribution in [1.29, 1.82) is 0 Å². The Morgan fingerprint density at radius 3 is 2.11 bits per heavy atom. The molecular weight excluding hydrogens is 170 g/mol. The van der Waals surface area contributed by atoms with E-state index in [1.165, 1.54) is 6.92 Å². The summed E-state index contributed by atoms with van der Waals surface area (Å²) in [6.07, 6.45) is 0. The number of hydrogen-bond acceptors (Lipinski definition) is 3. The molecule has 0 rings (SSSR count). The van der Waals surface area contributed by atoms with Gasteiger partial charge in [-0.3, -0.25) is 0 Å². The van der Waals surface area contributed by atoms with Gasteiger partial charge in [0.2, 0.25) is 0 Å². The van der Waals surface area contributed by atoms with E-state index in [1.54, 1.807) is 0 Å². The number of halogens is 2. The van der Waals surface area contributed by atoms with E-state index < -0.39 is 14.6 Å². The maximum Gasteiger partial charge on any atom is 0.346 e. The molecule has 0 amide bonds. The van der Waals surface area contributed by atoms with Crippen molar-refractivity contribution in [3.05, 3.63) is 0 Å². The normalized spacial score (nSPS) is 12.4. The van der Waals surface area contributed by atoms with Crippen molar-refractivity contribution in [2.45, 2.75) is 12.7 Å². The van der Waals surface area contributed by atoms with Gasteiger partial charge < -0.3 is 0 Å². The fourth-order valence-corrected chi connectivity index (χ4v) is 1.94. The number of hydrogen-bond donors (Lipinski definition) is 0. The highest BCUT2D eigenvalue weighted by molar-refractivity contribution is 8.72. The van der Waals surface area contributed by atoms with Gasteiger partial charge in [0.25, 0.3) is 8.87 Å². The lowest BCUT2D eigenvalue weighted by molar-refractivity contribution is 0.238. The minimum atomic E-state index is -4.16. The maximum absolute atomic E-state index is 11.4. The summed E-state index contributed by atoms with van der Waals surface area (Å²) in [6.45, 7) is 1.50. The quantitative estimate of drug-likeness (QED) is 0.608. The zero-order chi connectivity index (χ0) is 7.49. The molecule has 0 atom stereocenters. The molecule has 0 N–H and O–H groups in total. The lowest BCUT2D eigenvalue weighted by atomic mass is 11.0. The molecule has 0 aliphatic carbocycles. The summed E-state index contributed by atoms with van der Waals surface area (Å²) in [7, 11) is -3.90. The first-order chi connectivity index (χ1) is 4.00. The van der Waals surface area contributed by atoms with Gasteiger partial charge in [0, 0.05) is 5.75 Å². The fraction of sp³-hybridized carbons (Fsp3) is 1.00. The van der Waals surface area contributed by atoms with Crippen molar-refractivity contribution in [3.8, 4) is 0 Å². The third-order valence-electron chi connectivity index (χ3n) is 0.500. The minimum Gasteiger partial charge on any atom is -0.211 e. The maximum atomic E-state index is 11.4. The van der Waals surface area contributed by atoms with Crippen LogP contribution in [0.15, 0.2) is 0 Å². The van der Waals surface area contributed by atoms with E-state index in [0.717, 1.165) is 0 Å². The molecule has 0 heterocycles. The Kier molecular flexibility index (Phi) is 3.42. The largest absolute Gasteiger partial charge is 0.346 e. The average molecular weight is 176 g/mol. The van der Waals surface area contributed by atoms with Crippen LogP contribution < -0.4 is 0 Å². The van der Waals surface area contributed by atoms with E-state index in [2.05, 4.69) is 0 Å². The minimum absolute atomic E-state index is 0.159. The molecule has 0 saturated carbocycles. The van der Waals surface area contributed by atoms with Gasteiger partial charge in [-0.05, 0) is 10.8 Å². The van der Waals surface area contributed by atoms with E-state index >= 15 is 0 Å². The van der Waals surface area contributed by atoms with E-state index in [9.17, 15) is 17.2 Å². The molecule has 56 valence electrons. The Morgan fingerprint density at radius 1 is 1.56 bits per heavy atom. The van der Waals surface area contributed by atoms with Crippen LogP contribution in [0, 0.1) is 0 Å². The summed E-state index contributed by atoms with van der Waals surface area (Å²) in [4.78, 5) is 0. The molecule has 0 radical (unpaired) electrons. The van der Waals surface area contributed by atoms with Crippen LogP contribution in [-0.4, -0.2) is 19.9 Å². The summed E-state index contributed by atoms with van der Waals surface area (Å²) in [5.41, 5.74) is 0. The van der Waals surface area contributed by atoms with Gasteiger partial charge in [0.1, 0.15) is 0 Å². The van der Waals surface area contributed by atoms with Gasteiger partial charge in [-0.25, -0.2) is 8.42 Å². The summed E-state index contributed by atoms with van der Waals surface area (Å²) in [5, 5.41) is 0. The van der Waals surface area contributed by atoms with Crippen molar-refractivity contribution < 1.29 is 17.2 Å². The van der Waals surface area contributed by atoms with Gasteiger partial charge in [0.05, 0.1) is 0 Å². The molecule has 6 heteroatoms. The molecule has 0 fully saturated rings. The Bertz CT molecular complexity index is 163. The SMILES string of the molecule is CCSS(=O)(=O)C(F)F. The molecule has 0 unspecified atom stereocenters. The second-order valence-corrected chi connectivity index (χ2v) is 5.42. The van der Waals surface area contributed by atoms with Crippen LogP contribution in [0.4, 0.5) is 8.78 Å². The van der Waals surface area contributed by atoms with E-state index in [1.807, 2.05) is 0 Å². The Hall–Kier alpha value is 0.160. The molecule has 0 spiro atoms. The van der Waals surface area contributed by atoms with Gasteiger partial charge in [0.15, 0.2) is 0 Å². The van der Waals surface area contributed by atoms with Gasteiger partial charge in [-0.15, -0.1) is 0 Å². The summed E-state index contributed by atoms with van der Waals surface area (Å²) >= 11 is 0. The van der Waals surface area contributed by atoms with E-state index in [0.29, 0.717) is 0 Å². The zero-order valence-corrected chi connectivity index (χ0v) is 6.31. The lowest BCUT2D eigenvalue weighted by Crippen LogP contribution is -2.05. The summed E-state index contributed by atoms with van der Waals surface area (Å²) in [5.74, 6) is -3.09. The first-order valence-corrected chi connectivity index (χ1v) is 5.22. The molecule has 0 aliphatic heterocycles. The van der Waals surface area contributed by atoms with Gasteiger partial charge in [-0.2, -0.15) is 8.78 Å². The predicted octanol–water partition coefficient (Wildman–Crippen LogP) is 1.29. The van der Waals surface area contributed by atoms with Crippen LogP contribution in [0.1, 0.15) is 6.92 Å². The second kappa shape index (κ2) is 3.36. The molecule has 0 aromatic heterocycles. The van der Waals surface area contributed by atoms with E-state index in [-0.39, 0.29) is 16.5 Å². The first kappa shape index (κ1) is 9.16. The van der Waals surface area contributed by atoms with Crippen LogP contribution >= 0.6 is 10.8 Å². The fourth-order valence-electron chi connectivity index (χ4n) is 0.216. The van der Waals surface area contributed by atoms with Gasteiger partial charge in [-0.1, -0.05) is 6.92 Å². The van der Waals surface area contributed by atoms with Crippen LogP contribution in [-0.2, 0) is 8.87 Å². The lowest BCUT2D eigenvalue weighted by Gasteiger charge is -1.96. The van der Waals surface area contributed by atoms with Crippen LogP contribution in [0.5, 0.6) is 0 Å². The summed E-state index contributed by atoms with van der Waals surface area (Å²) < 4.78 is 43.1. The predicted molar refractivity (Wildman–Crippen MR) is 33.1 cm³/mol. The zero-order valence-electron chi connectivity index (χ0n) is 4.67. The highest BCUT2D eigenvalue weighted by Gasteiger charge is 2.23. The van der Waals surface area contributed by atoms with Crippen molar-refractivity contribution in [2.24, 2.45) is 0 Å². The van der Waals surface area contributed by atoms with Crippen LogP contribution in [0.2, 0.25) is 0 Å². The molecule has 0 bridgehead atoms. The molecule has 0 aliphatic rings. The molecule has 2 nitrogen and oxygen atoms in total. The first-order valence-electron chi connectivity index (χ1n) is 2.17. The highest BCUT2D eigenvalue weighted by atomic mass is 33.1. The highest BCUT2D eigenvalue weighted by Crippen LogP contribution is 2.19. The molecule has 9 heavy (non-hydrogen) atoms. The van der Waals surface area contributed by atoms with Crippen molar-refractivity contribution in [3.63, 3.8) is 0 Å². The topological polar surface area (TPSA) is 34.1 Å². The average Bonchev–Trinajstić information content (AvgIpc) is 1.65. The van der Waals surface area contributed by atoms with Crippen LogP contribution in [0.25, 0.3) is 0 Å². The Labute approximate surface area is 55.9 Å². The number of rotatable bonds is 3. The molecule has 0 saturated heterocycles. The second-order valence-electron chi connectivity index (χ2n) is 1.16. The Morgan fingerprint density at radius 2 is 2.00 bits per heavy atom. The third-order valence-corrected chi connectivity index (χ3v) is 3.63. The van der Waals surface area contributed by atoms with Gasteiger partial charge >= 0.3 is 5.76 Å². The van der Waals surface area contributed by atoms with Crippen LogP contribution in [0.3, 0.4) is 0 Å². The number of alkyl halides is 2. The van der Waals surface area contributed by atoms with Crippen molar-refractivity contribution >= 4 is 19.7 Å². The Balaban J connectivity index is 4.05.